The van der Waals surface area contributed by atoms with Crippen LogP contribution in [0.5, 0.6) is 5.75 Å². The number of aromatic hydroxyl groups is 1. The van der Waals surface area contributed by atoms with Crippen molar-refractivity contribution in [1.29, 1.82) is 0 Å². The minimum atomic E-state index is 0.0827. The Morgan fingerprint density at radius 3 is 2.81 bits per heavy atom. The third-order valence-electron chi connectivity index (χ3n) is 4.09. The molecule has 0 aliphatic carbocycles. The van der Waals surface area contributed by atoms with Gasteiger partial charge < -0.3 is 15.3 Å². The van der Waals surface area contributed by atoms with E-state index in [1.54, 1.807) is 12.1 Å². The first-order valence-corrected chi connectivity index (χ1v) is 7.99. The molecular formula is C17H26N2O2. The molecule has 1 aromatic carbocycles. The number of phenolic OH excluding ortho intramolecular Hbond substituents is 1. The number of urea groups is 1. The molecule has 1 atom stereocenters. The molecule has 1 heterocycles. The van der Waals surface area contributed by atoms with Gasteiger partial charge in [0.15, 0.2) is 0 Å². The Kier molecular flexibility index (Phi) is 5.90. The zero-order valence-electron chi connectivity index (χ0n) is 12.8. The van der Waals surface area contributed by atoms with Crippen LogP contribution in [0.3, 0.4) is 0 Å². The fourth-order valence-corrected chi connectivity index (χ4v) is 2.83. The number of phenols is 1. The van der Waals surface area contributed by atoms with Gasteiger partial charge in [-0.25, -0.2) is 4.79 Å². The molecule has 0 saturated carbocycles. The van der Waals surface area contributed by atoms with Crippen LogP contribution in [0.25, 0.3) is 0 Å². The van der Waals surface area contributed by atoms with Crippen molar-refractivity contribution < 1.29 is 9.90 Å². The number of carbonyl (C=O) groups is 1. The summed E-state index contributed by atoms with van der Waals surface area (Å²) < 4.78 is 0. The Morgan fingerprint density at radius 2 is 2.10 bits per heavy atom. The summed E-state index contributed by atoms with van der Waals surface area (Å²) in [6.07, 6.45) is 5.44. The second-order valence-electron chi connectivity index (χ2n) is 5.91. The van der Waals surface area contributed by atoms with Crippen molar-refractivity contribution in [1.82, 2.24) is 10.2 Å². The molecule has 1 aromatic rings. The smallest absolute Gasteiger partial charge is 0.317 e. The average molecular weight is 290 g/mol. The van der Waals surface area contributed by atoms with E-state index in [2.05, 4.69) is 12.2 Å². The van der Waals surface area contributed by atoms with E-state index in [0.29, 0.717) is 11.7 Å². The fraction of sp³-hybridized carbons (Fsp3) is 0.588. The number of hydrogen-bond acceptors (Lipinski definition) is 2. The lowest BCUT2D eigenvalue weighted by molar-refractivity contribution is 0.207. The Balaban J connectivity index is 1.72. The molecule has 2 amide bonds. The molecular weight excluding hydrogens is 264 g/mol. The molecule has 116 valence electrons. The number of likely N-dealkylation sites (tertiary alicyclic amines) is 1. The molecule has 0 bridgehead atoms. The first kappa shape index (κ1) is 15.7. The fourth-order valence-electron chi connectivity index (χ4n) is 2.83. The number of nitrogens with zero attached hydrogens (tertiary/aromatic N) is 1. The van der Waals surface area contributed by atoms with E-state index in [0.717, 1.165) is 38.9 Å². The summed E-state index contributed by atoms with van der Waals surface area (Å²) >= 11 is 0. The van der Waals surface area contributed by atoms with Crippen molar-refractivity contribution in [3.63, 3.8) is 0 Å². The van der Waals surface area contributed by atoms with E-state index in [-0.39, 0.29) is 6.03 Å². The second-order valence-corrected chi connectivity index (χ2v) is 5.91. The van der Waals surface area contributed by atoms with Gasteiger partial charge in [-0.1, -0.05) is 31.9 Å². The second kappa shape index (κ2) is 7.91. The SMILES string of the molecule is CCCCCNC(=O)N1CCC(Cc2ccc(O)cc2)C1. The highest BCUT2D eigenvalue weighted by molar-refractivity contribution is 5.74. The van der Waals surface area contributed by atoms with Crippen LogP contribution >= 0.6 is 0 Å². The Hall–Kier alpha value is -1.71. The largest absolute Gasteiger partial charge is 0.508 e. The topological polar surface area (TPSA) is 52.6 Å². The summed E-state index contributed by atoms with van der Waals surface area (Å²) in [5.74, 6) is 0.828. The molecule has 0 radical (unpaired) electrons. The van der Waals surface area contributed by atoms with E-state index in [1.165, 1.54) is 18.4 Å². The van der Waals surface area contributed by atoms with Gasteiger partial charge in [0, 0.05) is 19.6 Å². The highest BCUT2D eigenvalue weighted by Crippen LogP contribution is 2.22. The lowest BCUT2D eigenvalue weighted by Gasteiger charge is -2.17. The van der Waals surface area contributed by atoms with Crippen LogP contribution in [-0.2, 0) is 6.42 Å². The first-order valence-electron chi connectivity index (χ1n) is 7.99. The van der Waals surface area contributed by atoms with E-state index < -0.39 is 0 Å². The van der Waals surface area contributed by atoms with Crippen molar-refractivity contribution in [2.24, 2.45) is 5.92 Å². The zero-order valence-corrected chi connectivity index (χ0v) is 12.8. The number of hydrogen-bond donors (Lipinski definition) is 2. The molecule has 0 spiro atoms. The lowest BCUT2D eigenvalue weighted by atomic mass is 9.99. The maximum atomic E-state index is 12.0. The van der Waals surface area contributed by atoms with Gasteiger partial charge in [0.2, 0.25) is 0 Å². The third kappa shape index (κ3) is 4.96. The van der Waals surface area contributed by atoms with Crippen LogP contribution in [0, 0.1) is 5.92 Å². The number of nitrogens with one attached hydrogen (secondary N) is 1. The van der Waals surface area contributed by atoms with Crippen LogP contribution in [-0.4, -0.2) is 35.7 Å². The van der Waals surface area contributed by atoms with E-state index in [1.807, 2.05) is 17.0 Å². The molecule has 1 saturated heterocycles. The molecule has 1 fully saturated rings. The molecule has 1 aliphatic rings. The quantitative estimate of drug-likeness (QED) is 0.791. The van der Waals surface area contributed by atoms with Gasteiger partial charge in [-0.15, -0.1) is 0 Å². The summed E-state index contributed by atoms with van der Waals surface area (Å²) in [7, 11) is 0. The van der Waals surface area contributed by atoms with Gasteiger partial charge in [-0.05, 0) is 42.9 Å². The van der Waals surface area contributed by atoms with Gasteiger partial charge >= 0.3 is 6.03 Å². The summed E-state index contributed by atoms with van der Waals surface area (Å²) in [5, 5.41) is 12.3. The van der Waals surface area contributed by atoms with Gasteiger partial charge in [-0.2, -0.15) is 0 Å². The zero-order chi connectivity index (χ0) is 15.1. The molecule has 21 heavy (non-hydrogen) atoms. The van der Waals surface area contributed by atoms with Crippen molar-refractivity contribution in [2.75, 3.05) is 19.6 Å². The average Bonchev–Trinajstić information content (AvgIpc) is 2.94. The van der Waals surface area contributed by atoms with E-state index in [4.69, 9.17) is 0 Å². The maximum absolute atomic E-state index is 12.0. The van der Waals surface area contributed by atoms with Crippen LogP contribution in [0.4, 0.5) is 4.79 Å². The Morgan fingerprint density at radius 1 is 1.33 bits per heavy atom. The predicted molar refractivity (Wildman–Crippen MR) is 84.4 cm³/mol. The molecule has 0 aromatic heterocycles. The number of unbranched alkanes of at least 4 members (excludes halogenated alkanes) is 2. The van der Waals surface area contributed by atoms with Crippen LogP contribution in [0.1, 0.15) is 38.2 Å². The van der Waals surface area contributed by atoms with Crippen LogP contribution < -0.4 is 5.32 Å². The van der Waals surface area contributed by atoms with Crippen LogP contribution in [0.15, 0.2) is 24.3 Å². The minimum absolute atomic E-state index is 0.0827. The summed E-state index contributed by atoms with van der Waals surface area (Å²) in [4.78, 5) is 14.0. The van der Waals surface area contributed by atoms with E-state index in [9.17, 15) is 9.90 Å². The monoisotopic (exact) mass is 290 g/mol. The highest BCUT2D eigenvalue weighted by Gasteiger charge is 2.25. The number of amides is 2. The molecule has 4 heteroatoms. The van der Waals surface area contributed by atoms with Gasteiger partial charge in [0.1, 0.15) is 5.75 Å². The minimum Gasteiger partial charge on any atom is -0.508 e. The first-order chi connectivity index (χ1) is 10.2. The molecule has 1 aliphatic heterocycles. The molecule has 4 nitrogen and oxygen atoms in total. The summed E-state index contributed by atoms with van der Waals surface area (Å²) in [6.45, 7) is 4.63. The molecule has 2 N–H and O–H groups in total. The van der Waals surface area contributed by atoms with Gasteiger partial charge in [-0.3, -0.25) is 0 Å². The maximum Gasteiger partial charge on any atom is 0.317 e. The standard InChI is InChI=1S/C17H26N2O2/c1-2-3-4-10-18-17(21)19-11-9-15(13-19)12-14-5-7-16(20)8-6-14/h5-8,15,20H,2-4,9-13H2,1H3,(H,18,21). The van der Waals surface area contributed by atoms with Gasteiger partial charge in [0.05, 0.1) is 0 Å². The summed E-state index contributed by atoms with van der Waals surface area (Å²) in [6, 6.07) is 7.45. The Labute approximate surface area is 127 Å². The molecule has 2 rings (SSSR count). The van der Waals surface area contributed by atoms with Crippen molar-refractivity contribution in [3.8, 4) is 5.75 Å². The summed E-state index contributed by atoms with van der Waals surface area (Å²) in [5.41, 5.74) is 1.23. The Bertz CT molecular complexity index is 445. The predicted octanol–water partition coefficient (Wildman–Crippen LogP) is 3.16. The normalized spacial score (nSPS) is 18.0. The number of benzene rings is 1. The van der Waals surface area contributed by atoms with Crippen LogP contribution in [0.2, 0.25) is 0 Å². The number of rotatable bonds is 6. The van der Waals surface area contributed by atoms with Crippen molar-refractivity contribution in [3.05, 3.63) is 29.8 Å². The third-order valence-corrected chi connectivity index (χ3v) is 4.09. The number of carbonyl (C=O) groups excluding carboxylic acids is 1. The highest BCUT2D eigenvalue weighted by atomic mass is 16.3. The molecule has 1 unspecified atom stereocenters. The van der Waals surface area contributed by atoms with Crippen molar-refractivity contribution >= 4 is 6.03 Å². The van der Waals surface area contributed by atoms with Gasteiger partial charge in [0.25, 0.3) is 0 Å². The van der Waals surface area contributed by atoms with E-state index >= 15 is 0 Å². The van der Waals surface area contributed by atoms with Crippen molar-refractivity contribution in [2.45, 2.75) is 39.0 Å². The lowest BCUT2D eigenvalue weighted by Crippen LogP contribution is -2.39.